The van der Waals surface area contributed by atoms with Crippen LogP contribution in [0.5, 0.6) is 0 Å². The number of hydrogen-bond acceptors (Lipinski definition) is 3. The van der Waals surface area contributed by atoms with Crippen molar-refractivity contribution in [3.05, 3.63) is 32.8 Å². The minimum Gasteiger partial charge on any atom is -0.325 e. The zero-order valence-corrected chi connectivity index (χ0v) is 7.67. The highest BCUT2D eigenvalue weighted by molar-refractivity contribution is 6.31. The van der Waals surface area contributed by atoms with Gasteiger partial charge in [0.25, 0.3) is 5.69 Å². The second-order valence-electron chi connectivity index (χ2n) is 2.93. The maximum Gasteiger partial charge on any atom is 0.276 e. The molecule has 0 spiro atoms. The quantitative estimate of drug-likeness (QED) is 0.569. The number of nitrogens with zero attached hydrogens (tertiary/aromatic N) is 1. The lowest BCUT2D eigenvalue weighted by atomic mass is 10.1. The van der Waals surface area contributed by atoms with Crippen molar-refractivity contribution in [2.45, 2.75) is 6.42 Å². The fourth-order valence-electron chi connectivity index (χ4n) is 1.44. The summed E-state index contributed by atoms with van der Waals surface area (Å²) in [6.07, 6.45) is 0.0445. The lowest BCUT2D eigenvalue weighted by Crippen LogP contribution is -2.03. The first-order valence-electron chi connectivity index (χ1n) is 3.84. The number of carbonyl (C=O) groups excluding carboxylic acids is 1. The summed E-state index contributed by atoms with van der Waals surface area (Å²) in [5.41, 5.74) is 0.740. The number of benzene rings is 1. The molecule has 1 heterocycles. The summed E-state index contributed by atoms with van der Waals surface area (Å²) in [4.78, 5) is 21.1. The highest BCUT2D eigenvalue weighted by Gasteiger charge is 2.27. The van der Waals surface area contributed by atoms with Gasteiger partial charge in [0.1, 0.15) is 0 Å². The van der Waals surface area contributed by atoms with E-state index >= 15 is 0 Å². The van der Waals surface area contributed by atoms with E-state index < -0.39 is 4.92 Å². The van der Waals surface area contributed by atoms with Crippen LogP contribution in [-0.4, -0.2) is 10.8 Å². The number of hydrogen-bond donors (Lipinski definition) is 1. The molecule has 0 atom stereocenters. The first kappa shape index (κ1) is 8.96. The van der Waals surface area contributed by atoms with Gasteiger partial charge in [-0.3, -0.25) is 14.9 Å². The smallest absolute Gasteiger partial charge is 0.276 e. The number of carbonyl (C=O) groups is 1. The van der Waals surface area contributed by atoms with Gasteiger partial charge in [0.05, 0.1) is 22.6 Å². The van der Waals surface area contributed by atoms with E-state index in [9.17, 15) is 14.9 Å². The molecule has 5 nitrogen and oxygen atoms in total. The van der Waals surface area contributed by atoms with Crippen LogP contribution in [0.4, 0.5) is 11.4 Å². The predicted molar refractivity (Wildman–Crippen MR) is 50.4 cm³/mol. The fraction of sp³-hybridized carbons (Fsp3) is 0.125. The van der Waals surface area contributed by atoms with Gasteiger partial charge in [-0.1, -0.05) is 11.6 Å². The maximum atomic E-state index is 11.0. The molecule has 0 saturated heterocycles. The van der Waals surface area contributed by atoms with E-state index in [-0.39, 0.29) is 23.0 Å². The number of nitro groups is 1. The number of amides is 1. The summed E-state index contributed by atoms with van der Waals surface area (Å²) in [7, 11) is 0. The molecule has 1 aromatic rings. The second kappa shape index (κ2) is 2.95. The van der Waals surface area contributed by atoms with Crippen molar-refractivity contribution in [3.8, 4) is 0 Å². The lowest BCUT2D eigenvalue weighted by Gasteiger charge is -2.00. The Morgan fingerprint density at radius 3 is 2.86 bits per heavy atom. The van der Waals surface area contributed by atoms with Crippen molar-refractivity contribution in [1.82, 2.24) is 0 Å². The minimum atomic E-state index is -0.537. The molecule has 1 amide bonds. The molecule has 1 aliphatic heterocycles. The third-order valence-corrected chi connectivity index (χ3v) is 2.22. The summed E-state index contributed by atoms with van der Waals surface area (Å²) in [5, 5.41) is 13.4. The van der Waals surface area contributed by atoms with Crippen LogP contribution in [0.1, 0.15) is 5.56 Å². The van der Waals surface area contributed by atoms with E-state index in [4.69, 9.17) is 11.6 Å². The first-order valence-corrected chi connectivity index (χ1v) is 4.22. The summed E-state index contributed by atoms with van der Waals surface area (Å²) >= 11 is 5.66. The number of nitrogens with one attached hydrogen (secondary N) is 1. The van der Waals surface area contributed by atoms with Gasteiger partial charge in [-0.15, -0.1) is 0 Å². The Morgan fingerprint density at radius 2 is 2.21 bits per heavy atom. The van der Waals surface area contributed by atoms with Crippen LogP contribution in [0.2, 0.25) is 5.02 Å². The van der Waals surface area contributed by atoms with E-state index in [1.807, 2.05) is 0 Å². The Kier molecular flexibility index (Phi) is 1.89. The molecule has 0 bridgehead atoms. The summed E-state index contributed by atoms with van der Waals surface area (Å²) in [6, 6.07) is 2.76. The normalized spacial score (nSPS) is 13.6. The summed E-state index contributed by atoms with van der Waals surface area (Å²) < 4.78 is 0. The molecule has 0 aliphatic carbocycles. The number of anilines is 1. The van der Waals surface area contributed by atoms with Gasteiger partial charge in [0.15, 0.2) is 0 Å². The van der Waals surface area contributed by atoms with Crippen molar-refractivity contribution in [3.63, 3.8) is 0 Å². The van der Waals surface area contributed by atoms with E-state index in [0.717, 1.165) is 0 Å². The zero-order chi connectivity index (χ0) is 10.3. The molecule has 1 aromatic carbocycles. The Bertz CT molecular complexity index is 444. The SMILES string of the molecule is O=C1Cc2c(cc(Cl)cc2[N+](=O)[O-])N1. The molecular weight excluding hydrogens is 208 g/mol. The topological polar surface area (TPSA) is 72.2 Å². The molecule has 0 unspecified atom stereocenters. The Morgan fingerprint density at radius 1 is 1.50 bits per heavy atom. The van der Waals surface area contributed by atoms with E-state index in [1.165, 1.54) is 12.1 Å². The Hall–Kier alpha value is -1.62. The minimum absolute atomic E-state index is 0.0445. The first-order chi connectivity index (χ1) is 6.58. The molecule has 0 radical (unpaired) electrons. The van der Waals surface area contributed by atoms with Crippen molar-refractivity contribution in [2.24, 2.45) is 0 Å². The maximum absolute atomic E-state index is 11.0. The van der Waals surface area contributed by atoms with Gasteiger partial charge >= 0.3 is 0 Å². The van der Waals surface area contributed by atoms with Crippen LogP contribution in [-0.2, 0) is 11.2 Å². The average molecular weight is 213 g/mol. The molecule has 72 valence electrons. The van der Waals surface area contributed by atoms with Gasteiger partial charge in [-0.2, -0.15) is 0 Å². The molecule has 6 heteroatoms. The van der Waals surface area contributed by atoms with Crippen LogP contribution in [0.15, 0.2) is 12.1 Å². The van der Waals surface area contributed by atoms with Crippen LogP contribution < -0.4 is 5.32 Å². The molecule has 2 rings (SSSR count). The molecule has 0 saturated carbocycles. The number of rotatable bonds is 1. The summed E-state index contributed by atoms with van der Waals surface area (Å²) in [6.45, 7) is 0. The van der Waals surface area contributed by atoms with Gasteiger partial charge in [-0.25, -0.2) is 0 Å². The Balaban J connectivity index is 2.63. The highest BCUT2D eigenvalue weighted by atomic mass is 35.5. The van der Waals surface area contributed by atoms with Gasteiger partial charge in [0, 0.05) is 11.1 Å². The zero-order valence-electron chi connectivity index (χ0n) is 6.91. The molecule has 1 aliphatic rings. The molecule has 14 heavy (non-hydrogen) atoms. The molecular formula is C8H5ClN2O3. The number of fused-ring (bicyclic) bond motifs is 1. The van der Waals surface area contributed by atoms with E-state index in [0.29, 0.717) is 11.3 Å². The van der Waals surface area contributed by atoms with Crippen LogP contribution in [0, 0.1) is 10.1 Å². The largest absolute Gasteiger partial charge is 0.325 e. The summed E-state index contributed by atoms with van der Waals surface area (Å²) in [5.74, 6) is -0.245. The van der Waals surface area contributed by atoms with Crippen molar-refractivity contribution < 1.29 is 9.72 Å². The number of nitro benzene ring substituents is 1. The monoisotopic (exact) mass is 212 g/mol. The van der Waals surface area contributed by atoms with Crippen molar-refractivity contribution in [2.75, 3.05) is 5.32 Å². The molecule has 1 N–H and O–H groups in total. The average Bonchev–Trinajstić information content (AvgIpc) is 2.42. The molecule has 0 aromatic heterocycles. The lowest BCUT2D eigenvalue weighted by molar-refractivity contribution is -0.385. The second-order valence-corrected chi connectivity index (χ2v) is 3.37. The van der Waals surface area contributed by atoms with E-state index in [2.05, 4.69) is 5.32 Å². The number of halogens is 1. The highest BCUT2D eigenvalue weighted by Crippen LogP contribution is 2.34. The van der Waals surface area contributed by atoms with Gasteiger partial charge in [0.2, 0.25) is 5.91 Å². The fourth-order valence-corrected chi connectivity index (χ4v) is 1.65. The van der Waals surface area contributed by atoms with Crippen LogP contribution >= 0.6 is 11.6 Å². The van der Waals surface area contributed by atoms with Crippen molar-refractivity contribution in [1.29, 1.82) is 0 Å². The predicted octanol–water partition coefficient (Wildman–Crippen LogP) is 1.74. The third kappa shape index (κ3) is 1.31. The van der Waals surface area contributed by atoms with Gasteiger partial charge < -0.3 is 5.32 Å². The Labute approximate surface area is 83.8 Å². The van der Waals surface area contributed by atoms with Crippen LogP contribution in [0.25, 0.3) is 0 Å². The standard InChI is InChI=1S/C8H5ClN2O3/c9-4-1-6-5(3-8(12)10-6)7(2-4)11(13)14/h1-2H,3H2,(H,10,12). The van der Waals surface area contributed by atoms with Crippen LogP contribution in [0.3, 0.4) is 0 Å². The molecule has 0 fully saturated rings. The van der Waals surface area contributed by atoms with Crippen molar-refractivity contribution >= 4 is 28.9 Å². The third-order valence-electron chi connectivity index (χ3n) is 2.00. The van der Waals surface area contributed by atoms with Gasteiger partial charge in [-0.05, 0) is 6.07 Å². The van der Waals surface area contributed by atoms with E-state index in [1.54, 1.807) is 0 Å².